The Bertz CT molecular complexity index is 1660. The molecular weight excluding hydrogens is 494 g/mol. The maximum Gasteiger partial charge on any atom is 0.422 e. The fourth-order valence-corrected chi connectivity index (χ4v) is 5.83. The highest BCUT2D eigenvalue weighted by molar-refractivity contribution is 6.07. The smallest absolute Gasteiger partial charge is 0.422 e. The van der Waals surface area contributed by atoms with Gasteiger partial charge in [0, 0.05) is 23.5 Å². The number of aromatic nitrogens is 4. The summed E-state index contributed by atoms with van der Waals surface area (Å²) in [5.74, 6) is 0.581. The highest BCUT2D eigenvalue weighted by atomic mass is 19.3. The van der Waals surface area contributed by atoms with E-state index in [1.54, 1.807) is 18.5 Å². The van der Waals surface area contributed by atoms with Crippen molar-refractivity contribution >= 4 is 22.7 Å². The number of halogens is 2. The van der Waals surface area contributed by atoms with Gasteiger partial charge >= 0.3 is 12.5 Å². The van der Waals surface area contributed by atoms with Crippen molar-refractivity contribution in [2.45, 2.75) is 43.9 Å². The van der Waals surface area contributed by atoms with Crippen LogP contribution < -0.4 is 10.5 Å². The van der Waals surface area contributed by atoms with Crippen molar-refractivity contribution in [3.05, 3.63) is 71.6 Å². The van der Waals surface area contributed by atoms with Gasteiger partial charge in [0.15, 0.2) is 0 Å². The van der Waals surface area contributed by atoms with Crippen LogP contribution in [-0.4, -0.2) is 54.2 Å². The Morgan fingerprint density at radius 1 is 1.18 bits per heavy atom. The van der Waals surface area contributed by atoms with Gasteiger partial charge in [-0.05, 0) is 49.1 Å². The predicted octanol–water partition coefficient (Wildman–Crippen LogP) is 3.33. The van der Waals surface area contributed by atoms with Gasteiger partial charge in [-0.25, -0.2) is 19.7 Å². The van der Waals surface area contributed by atoms with Crippen molar-refractivity contribution in [1.29, 1.82) is 0 Å². The number of imidazole rings is 1. The zero-order valence-electron chi connectivity index (χ0n) is 20.1. The molecule has 2 aromatic carbocycles. The summed E-state index contributed by atoms with van der Waals surface area (Å²) in [4.78, 5) is 27.1. The monoisotopic (exact) mass is 517 g/mol. The Labute approximate surface area is 215 Å². The van der Waals surface area contributed by atoms with Crippen LogP contribution in [0, 0.1) is 0 Å². The molecule has 3 aliphatic rings. The topological polar surface area (TPSA) is 119 Å². The fraction of sp³-hybridized carbons (Fsp3) is 0.296. The van der Waals surface area contributed by atoms with Crippen molar-refractivity contribution in [3.63, 3.8) is 0 Å². The number of aliphatic hydroxyl groups excluding tert-OH is 1. The minimum atomic E-state index is -3.06. The lowest BCUT2D eigenvalue weighted by atomic mass is 9.77. The van der Waals surface area contributed by atoms with Crippen LogP contribution in [0.3, 0.4) is 0 Å². The number of hydrogen-bond donors (Lipinski definition) is 2. The van der Waals surface area contributed by atoms with Crippen LogP contribution in [0.1, 0.15) is 59.3 Å². The first-order chi connectivity index (χ1) is 18.4. The number of fused-ring (bicyclic) bond motifs is 9. The van der Waals surface area contributed by atoms with Gasteiger partial charge in [0.25, 0.3) is 6.73 Å². The molecule has 1 atom stereocenters. The number of hydrogen-bond acceptors (Lipinski definition) is 7. The number of carbonyl (C=O) groups excluding carboxylic acids is 1. The normalized spacial score (nSPS) is 19.4. The molecule has 192 valence electrons. The van der Waals surface area contributed by atoms with E-state index in [-0.39, 0.29) is 11.3 Å². The Kier molecular flexibility index (Phi) is 4.98. The molecule has 1 fully saturated rings. The second kappa shape index (κ2) is 8.20. The summed E-state index contributed by atoms with van der Waals surface area (Å²) < 4.78 is 34.7. The third-order valence-corrected chi connectivity index (χ3v) is 7.88. The Morgan fingerprint density at radius 3 is 2.66 bits per heavy atom. The van der Waals surface area contributed by atoms with Gasteiger partial charge in [0.2, 0.25) is 11.5 Å². The number of rotatable bonds is 5. The van der Waals surface area contributed by atoms with Crippen LogP contribution in [0.2, 0.25) is 0 Å². The first-order valence-corrected chi connectivity index (χ1v) is 12.4. The van der Waals surface area contributed by atoms with Gasteiger partial charge in [-0.2, -0.15) is 8.78 Å². The molecule has 1 aliphatic carbocycles. The molecule has 4 aromatic rings. The van der Waals surface area contributed by atoms with Gasteiger partial charge in [-0.1, -0.05) is 12.1 Å². The van der Waals surface area contributed by atoms with Crippen molar-refractivity contribution in [2.75, 3.05) is 6.73 Å². The summed E-state index contributed by atoms with van der Waals surface area (Å²) in [6.45, 7) is -3.62. The number of ether oxygens (including phenoxy) is 1. The van der Waals surface area contributed by atoms with E-state index in [1.165, 1.54) is 16.7 Å². The molecule has 3 N–H and O–H groups in total. The van der Waals surface area contributed by atoms with E-state index in [0.717, 1.165) is 35.9 Å². The summed E-state index contributed by atoms with van der Waals surface area (Å²) in [5.41, 5.74) is 10.1. The van der Waals surface area contributed by atoms with E-state index >= 15 is 0 Å². The summed E-state index contributed by atoms with van der Waals surface area (Å²) in [6.07, 6.45) is 6.61. The molecule has 0 spiro atoms. The summed E-state index contributed by atoms with van der Waals surface area (Å²) in [5, 5.41) is 10.1. The number of carbonyl (C=O) groups is 1. The Balaban J connectivity index is 1.40. The number of nitrogens with zero attached hydrogens (tertiary/aromatic N) is 5. The first-order valence-electron chi connectivity index (χ1n) is 12.4. The molecule has 9 nitrogen and oxygen atoms in total. The third kappa shape index (κ3) is 3.25. The van der Waals surface area contributed by atoms with Crippen LogP contribution in [0.5, 0.6) is 5.75 Å². The highest BCUT2D eigenvalue weighted by Crippen LogP contribution is 2.44. The maximum atomic E-state index is 13.3. The van der Waals surface area contributed by atoms with Crippen molar-refractivity contribution in [3.8, 4) is 16.9 Å². The number of amides is 1. The molecule has 1 saturated carbocycles. The fourth-order valence-electron chi connectivity index (χ4n) is 5.83. The van der Waals surface area contributed by atoms with E-state index in [9.17, 15) is 18.7 Å². The molecule has 7 rings (SSSR count). The van der Waals surface area contributed by atoms with Crippen LogP contribution in [-0.2, 0) is 5.54 Å². The highest BCUT2D eigenvalue weighted by Gasteiger charge is 2.46. The van der Waals surface area contributed by atoms with E-state index in [1.807, 2.05) is 22.8 Å². The summed E-state index contributed by atoms with van der Waals surface area (Å²) in [6, 6.07) is 9.69. The molecule has 2 bridgehead atoms. The Morgan fingerprint density at radius 2 is 1.97 bits per heavy atom. The van der Waals surface area contributed by atoms with Crippen LogP contribution in [0.25, 0.3) is 22.2 Å². The first kappa shape index (κ1) is 23.1. The molecule has 38 heavy (non-hydrogen) atoms. The van der Waals surface area contributed by atoms with Gasteiger partial charge in [0.1, 0.15) is 11.6 Å². The zero-order valence-corrected chi connectivity index (χ0v) is 20.1. The van der Waals surface area contributed by atoms with Crippen LogP contribution in [0.15, 0.2) is 48.8 Å². The van der Waals surface area contributed by atoms with Crippen molar-refractivity contribution in [2.24, 2.45) is 5.73 Å². The lowest BCUT2D eigenvalue weighted by Gasteiger charge is -2.36. The molecule has 0 unspecified atom stereocenters. The van der Waals surface area contributed by atoms with E-state index in [2.05, 4.69) is 9.97 Å². The number of alkyl halides is 2. The summed E-state index contributed by atoms with van der Waals surface area (Å²) >= 11 is 0. The molecule has 2 aromatic heterocycles. The Hall–Kier alpha value is -4.09. The van der Waals surface area contributed by atoms with E-state index < -0.39 is 30.8 Å². The minimum Gasteiger partial charge on any atom is -0.434 e. The molecule has 2 aliphatic heterocycles. The van der Waals surface area contributed by atoms with Crippen LogP contribution in [0.4, 0.5) is 8.78 Å². The quantitative estimate of drug-likeness (QED) is 0.390. The lowest BCUT2D eigenvalue weighted by Crippen LogP contribution is -2.44. The maximum absolute atomic E-state index is 13.3. The predicted molar refractivity (Wildman–Crippen MR) is 132 cm³/mol. The van der Waals surface area contributed by atoms with E-state index in [0.29, 0.717) is 34.9 Å². The second-order valence-corrected chi connectivity index (χ2v) is 9.95. The van der Waals surface area contributed by atoms with Crippen molar-refractivity contribution in [1.82, 2.24) is 19.5 Å². The SMILES string of the molecule is NC1(c2ncc(-c3ccc4nc5n(c4c3)[C@@H]3CC5=[N+](CO)C(=O)c4cccc(OC(F)F)c43)cn2)CCC1. The largest absolute Gasteiger partial charge is 0.434 e. The molecule has 1 amide bonds. The third-order valence-electron chi connectivity index (χ3n) is 7.88. The zero-order chi connectivity index (χ0) is 26.2. The van der Waals surface area contributed by atoms with Crippen LogP contribution >= 0.6 is 0 Å². The van der Waals surface area contributed by atoms with Gasteiger partial charge < -0.3 is 20.1 Å². The average molecular weight is 518 g/mol. The molecule has 0 radical (unpaired) electrons. The number of aliphatic hydroxyl groups is 1. The van der Waals surface area contributed by atoms with E-state index in [4.69, 9.17) is 15.5 Å². The molecule has 0 saturated heterocycles. The summed E-state index contributed by atoms with van der Waals surface area (Å²) in [7, 11) is 0. The minimum absolute atomic E-state index is 0.0726. The second-order valence-electron chi connectivity index (χ2n) is 9.95. The lowest BCUT2D eigenvalue weighted by molar-refractivity contribution is -0.472. The average Bonchev–Trinajstić information content (AvgIpc) is 3.41. The molecule has 11 heteroatoms. The number of benzene rings is 2. The number of nitrogens with two attached hydrogens (primary N) is 1. The standard InChI is InChI=1S/C27H23F2N6O3/c28-26(29)38-21-4-1-3-16-22(21)19-10-20(34(13-36)24(16)37)23-33-17-6-5-14(9-18(17)35(19)23)15-11-31-25(32-12-15)27(30)7-2-8-27/h1,3-6,9,11-12,19,26,36H,2,7-8,10,13,30H2/q+1/t19-/m1/s1. The van der Waals surface area contributed by atoms with Crippen molar-refractivity contribution < 1.29 is 28.0 Å². The van der Waals surface area contributed by atoms with Gasteiger partial charge in [0.05, 0.1) is 34.6 Å². The molecule has 4 heterocycles. The molecular formula is C27H23F2N6O3+. The van der Waals surface area contributed by atoms with Gasteiger partial charge in [-0.15, -0.1) is 4.58 Å². The van der Waals surface area contributed by atoms with Gasteiger partial charge in [-0.3, -0.25) is 0 Å².